The summed E-state index contributed by atoms with van der Waals surface area (Å²) in [5, 5.41) is 18.9. The van der Waals surface area contributed by atoms with E-state index in [9.17, 15) is 14.7 Å². The van der Waals surface area contributed by atoms with E-state index in [1.54, 1.807) is 4.90 Å². The smallest absolute Gasteiger partial charge is 0.335 e. The highest BCUT2D eigenvalue weighted by molar-refractivity contribution is 5.83. The molecule has 1 aromatic rings. The van der Waals surface area contributed by atoms with E-state index in [0.717, 1.165) is 5.56 Å². The monoisotopic (exact) mass is 293 g/mol. The van der Waals surface area contributed by atoms with Crippen LogP contribution in [0.3, 0.4) is 0 Å². The van der Waals surface area contributed by atoms with Crippen molar-refractivity contribution in [3.8, 4) is 0 Å². The van der Waals surface area contributed by atoms with E-state index >= 15 is 0 Å². The van der Waals surface area contributed by atoms with Gasteiger partial charge >= 0.3 is 5.97 Å². The predicted molar refractivity (Wildman–Crippen MR) is 74.6 cm³/mol. The van der Waals surface area contributed by atoms with E-state index in [4.69, 9.17) is 9.84 Å². The molecule has 0 aromatic heterocycles. The Hall–Kier alpha value is -1.92. The number of carboxylic acid groups (broad SMARTS) is 1. The van der Waals surface area contributed by atoms with Crippen molar-refractivity contribution in [2.24, 2.45) is 0 Å². The van der Waals surface area contributed by atoms with Crippen molar-refractivity contribution in [2.45, 2.75) is 24.5 Å². The number of carboxylic acids is 1. The lowest BCUT2D eigenvalue weighted by Gasteiger charge is -2.36. The number of likely N-dealkylation sites (tertiary alicyclic amines) is 1. The van der Waals surface area contributed by atoms with Crippen LogP contribution in [0.2, 0.25) is 0 Å². The standard InChI is InChI=1S/C15H19NO5/c1-21-12(11-5-3-2-4-6-11)13(17)16-9-7-15(20,8-10-16)14(18)19/h2-6,12,20H,7-10H2,1H3,(H,18,19). The van der Waals surface area contributed by atoms with Crippen LogP contribution in [0.1, 0.15) is 24.5 Å². The van der Waals surface area contributed by atoms with Crippen LogP contribution in [-0.4, -0.2) is 52.8 Å². The van der Waals surface area contributed by atoms with Crippen molar-refractivity contribution in [2.75, 3.05) is 20.2 Å². The molecular weight excluding hydrogens is 274 g/mol. The number of benzene rings is 1. The van der Waals surface area contributed by atoms with Gasteiger partial charge in [0, 0.05) is 33.0 Å². The van der Waals surface area contributed by atoms with Gasteiger partial charge < -0.3 is 19.8 Å². The van der Waals surface area contributed by atoms with Crippen LogP contribution in [0, 0.1) is 0 Å². The lowest BCUT2D eigenvalue weighted by Crippen LogP contribution is -2.51. The van der Waals surface area contributed by atoms with Gasteiger partial charge in [-0.05, 0) is 5.56 Å². The van der Waals surface area contributed by atoms with Crippen LogP contribution in [0.5, 0.6) is 0 Å². The number of amides is 1. The quantitative estimate of drug-likeness (QED) is 0.858. The zero-order valence-electron chi connectivity index (χ0n) is 11.9. The van der Waals surface area contributed by atoms with Gasteiger partial charge in [0.15, 0.2) is 11.7 Å². The van der Waals surface area contributed by atoms with Crippen LogP contribution >= 0.6 is 0 Å². The first-order valence-electron chi connectivity index (χ1n) is 6.80. The number of hydrogen-bond acceptors (Lipinski definition) is 4. The van der Waals surface area contributed by atoms with Gasteiger partial charge in [-0.15, -0.1) is 0 Å². The highest BCUT2D eigenvalue weighted by Crippen LogP contribution is 2.26. The first-order chi connectivity index (χ1) is 9.98. The molecule has 0 bridgehead atoms. The number of carbonyl (C=O) groups excluding carboxylic acids is 1. The third-order valence-electron chi connectivity index (χ3n) is 3.86. The molecule has 1 fully saturated rings. The predicted octanol–water partition coefficient (Wildman–Crippen LogP) is 0.812. The van der Waals surface area contributed by atoms with Crippen molar-refractivity contribution in [1.29, 1.82) is 0 Å². The lowest BCUT2D eigenvalue weighted by molar-refractivity contribution is -0.167. The molecule has 2 N–H and O–H groups in total. The third kappa shape index (κ3) is 3.22. The molecule has 1 atom stereocenters. The summed E-state index contributed by atoms with van der Waals surface area (Å²) in [6.07, 6.45) is -0.652. The van der Waals surface area contributed by atoms with Crippen LogP contribution in [-0.2, 0) is 14.3 Å². The fourth-order valence-corrected chi connectivity index (χ4v) is 2.48. The van der Waals surface area contributed by atoms with Gasteiger partial charge in [0.2, 0.25) is 0 Å². The Kier molecular flexibility index (Phi) is 4.59. The summed E-state index contributed by atoms with van der Waals surface area (Å²) in [6, 6.07) is 9.13. The molecule has 1 saturated heterocycles. The second kappa shape index (κ2) is 6.24. The maximum absolute atomic E-state index is 12.5. The largest absolute Gasteiger partial charge is 0.479 e. The summed E-state index contributed by atoms with van der Waals surface area (Å²) in [7, 11) is 1.47. The Morgan fingerprint density at radius 1 is 1.24 bits per heavy atom. The summed E-state index contributed by atoms with van der Waals surface area (Å²) in [5.74, 6) is -1.45. The molecule has 1 heterocycles. The van der Waals surface area contributed by atoms with Crippen molar-refractivity contribution >= 4 is 11.9 Å². The van der Waals surface area contributed by atoms with Gasteiger partial charge in [-0.1, -0.05) is 30.3 Å². The molecule has 21 heavy (non-hydrogen) atoms. The summed E-state index contributed by atoms with van der Waals surface area (Å²) >= 11 is 0. The highest BCUT2D eigenvalue weighted by atomic mass is 16.5. The number of aliphatic hydroxyl groups is 1. The Morgan fingerprint density at radius 2 is 1.81 bits per heavy atom. The number of rotatable bonds is 4. The molecule has 0 spiro atoms. The average Bonchev–Trinajstić information content (AvgIpc) is 2.49. The first-order valence-corrected chi connectivity index (χ1v) is 6.80. The molecule has 1 amide bonds. The Morgan fingerprint density at radius 3 is 2.29 bits per heavy atom. The lowest BCUT2D eigenvalue weighted by atomic mass is 9.91. The molecule has 0 aliphatic carbocycles. The SMILES string of the molecule is COC(C(=O)N1CCC(O)(C(=O)O)CC1)c1ccccc1. The van der Waals surface area contributed by atoms with Gasteiger partial charge in [0.25, 0.3) is 5.91 Å². The molecule has 1 aliphatic heterocycles. The average molecular weight is 293 g/mol. The van der Waals surface area contributed by atoms with E-state index in [2.05, 4.69) is 0 Å². The zero-order chi connectivity index (χ0) is 15.5. The van der Waals surface area contributed by atoms with Gasteiger partial charge in [0.1, 0.15) is 0 Å². The first kappa shape index (κ1) is 15.5. The minimum absolute atomic E-state index is 0.0271. The Labute approximate surface area is 122 Å². The summed E-state index contributed by atoms with van der Waals surface area (Å²) in [5.41, 5.74) is -0.976. The summed E-state index contributed by atoms with van der Waals surface area (Å²) in [6.45, 7) is 0.405. The van der Waals surface area contributed by atoms with E-state index in [1.165, 1.54) is 7.11 Å². The number of methoxy groups -OCH3 is 1. The molecule has 0 saturated carbocycles. The van der Waals surface area contributed by atoms with Crippen LogP contribution in [0.25, 0.3) is 0 Å². The summed E-state index contributed by atoms with van der Waals surface area (Å²) in [4.78, 5) is 25.0. The number of hydrogen-bond donors (Lipinski definition) is 2. The molecule has 2 rings (SSSR count). The normalized spacial score (nSPS) is 19.0. The minimum Gasteiger partial charge on any atom is -0.479 e. The molecule has 0 radical (unpaired) electrons. The number of piperidine rings is 1. The molecule has 1 aromatic carbocycles. The molecule has 6 heteroatoms. The highest BCUT2D eigenvalue weighted by Gasteiger charge is 2.41. The van der Waals surface area contributed by atoms with Gasteiger partial charge in [-0.2, -0.15) is 0 Å². The van der Waals surface area contributed by atoms with E-state index in [1.807, 2.05) is 30.3 Å². The molecule has 6 nitrogen and oxygen atoms in total. The van der Waals surface area contributed by atoms with E-state index in [0.29, 0.717) is 0 Å². The Balaban J connectivity index is 2.06. The third-order valence-corrected chi connectivity index (χ3v) is 3.86. The van der Waals surface area contributed by atoms with Crippen molar-refractivity contribution in [3.63, 3.8) is 0 Å². The zero-order valence-corrected chi connectivity index (χ0v) is 11.9. The van der Waals surface area contributed by atoms with Crippen molar-refractivity contribution < 1.29 is 24.5 Å². The van der Waals surface area contributed by atoms with Gasteiger partial charge in [-0.3, -0.25) is 4.79 Å². The number of nitrogens with zero attached hydrogens (tertiary/aromatic N) is 1. The maximum Gasteiger partial charge on any atom is 0.335 e. The van der Waals surface area contributed by atoms with Crippen LogP contribution in [0.4, 0.5) is 0 Å². The van der Waals surface area contributed by atoms with Crippen LogP contribution in [0.15, 0.2) is 30.3 Å². The summed E-state index contributed by atoms with van der Waals surface area (Å²) < 4.78 is 5.28. The second-order valence-electron chi connectivity index (χ2n) is 5.19. The molecular formula is C15H19NO5. The van der Waals surface area contributed by atoms with E-state index < -0.39 is 17.7 Å². The fraction of sp³-hybridized carbons (Fsp3) is 0.467. The Bertz CT molecular complexity index is 508. The van der Waals surface area contributed by atoms with E-state index in [-0.39, 0.29) is 31.8 Å². The van der Waals surface area contributed by atoms with Crippen LogP contribution < -0.4 is 0 Å². The number of aliphatic carboxylic acids is 1. The fourth-order valence-electron chi connectivity index (χ4n) is 2.48. The second-order valence-corrected chi connectivity index (χ2v) is 5.19. The minimum atomic E-state index is -1.73. The van der Waals surface area contributed by atoms with Crippen molar-refractivity contribution in [1.82, 2.24) is 4.90 Å². The molecule has 1 unspecified atom stereocenters. The van der Waals surface area contributed by atoms with Crippen molar-refractivity contribution in [3.05, 3.63) is 35.9 Å². The molecule has 1 aliphatic rings. The topological polar surface area (TPSA) is 87.1 Å². The van der Waals surface area contributed by atoms with Gasteiger partial charge in [-0.25, -0.2) is 4.79 Å². The number of ether oxygens (including phenoxy) is 1. The number of carbonyl (C=O) groups is 2. The molecule has 114 valence electrons. The maximum atomic E-state index is 12.5. The van der Waals surface area contributed by atoms with Gasteiger partial charge in [0.05, 0.1) is 0 Å².